The molecule has 0 aromatic heterocycles. The molecule has 1 heterocycles. The molecule has 3 aromatic rings. The number of carbonyl (C=O) groups excluding carboxylic acids is 1. The van der Waals surface area contributed by atoms with Crippen LogP contribution in [-0.4, -0.2) is 16.1 Å². The summed E-state index contributed by atoms with van der Waals surface area (Å²) in [5.74, 6) is 0.435. The number of hydrogen-bond acceptors (Lipinski definition) is 5. The first-order chi connectivity index (χ1) is 14.6. The predicted octanol–water partition coefficient (Wildman–Crippen LogP) is 3.43. The van der Waals surface area contributed by atoms with E-state index in [1.165, 1.54) is 12.1 Å². The lowest BCUT2D eigenvalue weighted by molar-refractivity contribution is 0.0962. The van der Waals surface area contributed by atoms with Crippen LogP contribution in [0.1, 0.15) is 21.5 Å². The zero-order chi connectivity index (χ0) is 20.9. The summed E-state index contributed by atoms with van der Waals surface area (Å²) >= 11 is 0. The van der Waals surface area contributed by atoms with Crippen LogP contribution in [0, 0.1) is 0 Å². The smallest absolute Gasteiger partial charge is 0.256 e. The average molecular weight is 399 g/mol. The van der Waals surface area contributed by atoms with Gasteiger partial charge in [0.25, 0.3) is 5.91 Å². The van der Waals surface area contributed by atoms with Crippen LogP contribution in [0.2, 0.25) is 0 Å². The van der Waals surface area contributed by atoms with Crippen molar-refractivity contribution in [2.24, 2.45) is 0 Å². The van der Waals surface area contributed by atoms with Crippen molar-refractivity contribution in [1.29, 1.82) is 0 Å². The van der Waals surface area contributed by atoms with E-state index in [1.54, 1.807) is 30.5 Å². The second kappa shape index (κ2) is 8.45. The van der Waals surface area contributed by atoms with Gasteiger partial charge < -0.3 is 26.2 Å². The molecule has 0 bridgehead atoms. The minimum atomic E-state index is -0.331. The average Bonchev–Trinajstić information content (AvgIpc) is 2.76. The number of rotatable bonds is 5. The number of aromatic hydroxyl groups is 2. The summed E-state index contributed by atoms with van der Waals surface area (Å²) in [7, 11) is 0. The second-order valence-electron chi connectivity index (χ2n) is 6.89. The third kappa shape index (κ3) is 4.44. The summed E-state index contributed by atoms with van der Waals surface area (Å²) in [6, 6.07) is 23.0. The number of nitrogens with one attached hydrogen (secondary N) is 3. The molecular formula is C24H21N3O3. The normalized spacial score (nSPS) is 13.1. The zero-order valence-corrected chi connectivity index (χ0v) is 16.1. The van der Waals surface area contributed by atoms with Crippen molar-refractivity contribution in [3.63, 3.8) is 0 Å². The van der Waals surface area contributed by atoms with Crippen molar-refractivity contribution in [2.75, 3.05) is 0 Å². The van der Waals surface area contributed by atoms with Gasteiger partial charge in [-0.1, -0.05) is 36.4 Å². The molecule has 0 radical (unpaired) electrons. The van der Waals surface area contributed by atoms with Gasteiger partial charge in [0.1, 0.15) is 17.3 Å². The largest absolute Gasteiger partial charge is 0.508 e. The van der Waals surface area contributed by atoms with Crippen molar-refractivity contribution in [3.05, 3.63) is 113 Å². The topological polar surface area (TPSA) is 93.6 Å². The van der Waals surface area contributed by atoms with Crippen LogP contribution in [-0.2, 0) is 6.42 Å². The molecule has 3 aromatic carbocycles. The monoisotopic (exact) mass is 399 g/mol. The Hall–Kier alpha value is -4.19. The third-order valence-corrected chi connectivity index (χ3v) is 4.70. The molecule has 0 spiro atoms. The van der Waals surface area contributed by atoms with Gasteiger partial charge in [0.2, 0.25) is 0 Å². The van der Waals surface area contributed by atoms with Gasteiger partial charge in [-0.25, -0.2) is 0 Å². The van der Waals surface area contributed by atoms with E-state index in [-0.39, 0.29) is 17.4 Å². The number of phenols is 2. The van der Waals surface area contributed by atoms with Gasteiger partial charge in [-0.3, -0.25) is 4.79 Å². The number of carbonyl (C=O) groups is 1. The Kier molecular flexibility index (Phi) is 5.39. The van der Waals surface area contributed by atoms with E-state index in [1.807, 2.05) is 42.5 Å². The quantitative estimate of drug-likeness (QED) is 0.453. The first-order valence-electron chi connectivity index (χ1n) is 9.49. The molecule has 1 aliphatic heterocycles. The van der Waals surface area contributed by atoms with Crippen molar-refractivity contribution >= 4 is 11.6 Å². The summed E-state index contributed by atoms with van der Waals surface area (Å²) in [6.45, 7) is 0. The predicted molar refractivity (Wildman–Crippen MR) is 115 cm³/mol. The fraction of sp³-hybridized carbons (Fsp3) is 0.0417. The SMILES string of the molecule is O=C(NC1=C(Cc2ccccc2)NC(c2ccc(O)cc2)=CN1)c1cccc(O)c1. The molecule has 6 nitrogen and oxygen atoms in total. The lowest BCUT2D eigenvalue weighted by Gasteiger charge is -2.25. The minimum Gasteiger partial charge on any atom is -0.508 e. The summed E-state index contributed by atoms with van der Waals surface area (Å²) in [5.41, 5.74) is 3.94. The molecule has 150 valence electrons. The number of hydrogen-bond donors (Lipinski definition) is 5. The van der Waals surface area contributed by atoms with Gasteiger partial charge in [0, 0.05) is 18.2 Å². The Balaban J connectivity index is 1.61. The van der Waals surface area contributed by atoms with Crippen molar-refractivity contribution in [2.45, 2.75) is 6.42 Å². The number of amides is 1. The Morgan fingerprint density at radius 2 is 1.63 bits per heavy atom. The van der Waals surface area contributed by atoms with Crippen LogP contribution in [0.15, 0.2) is 96.6 Å². The fourth-order valence-electron chi connectivity index (χ4n) is 3.17. The molecule has 1 aliphatic rings. The van der Waals surface area contributed by atoms with E-state index < -0.39 is 0 Å². The maximum absolute atomic E-state index is 12.7. The fourth-order valence-corrected chi connectivity index (χ4v) is 3.17. The van der Waals surface area contributed by atoms with Crippen LogP contribution in [0.3, 0.4) is 0 Å². The first-order valence-corrected chi connectivity index (χ1v) is 9.49. The zero-order valence-electron chi connectivity index (χ0n) is 16.1. The maximum atomic E-state index is 12.7. The van der Waals surface area contributed by atoms with Crippen molar-refractivity contribution in [3.8, 4) is 11.5 Å². The van der Waals surface area contributed by atoms with Crippen LogP contribution >= 0.6 is 0 Å². The summed E-state index contributed by atoms with van der Waals surface area (Å²) in [4.78, 5) is 12.7. The Morgan fingerprint density at radius 1 is 0.867 bits per heavy atom. The molecule has 0 atom stereocenters. The molecule has 0 saturated carbocycles. The third-order valence-electron chi connectivity index (χ3n) is 4.70. The van der Waals surface area contributed by atoms with Gasteiger partial charge in [0.05, 0.1) is 11.4 Å². The Labute approximate surface area is 174 Å². The van der Waals surface area contributed by atoms with E-state index in [0.717, 1.165) is 22.5 Å². The van der Waals surface area contributed by atoms with Gasteiger partial charge in [-0.05, 0) is 53.6 Å². The highest BCUT2D eigenvalue weighted by Crippen LogP contribution is 2.21. The molecule has 0 fully saturated rings. The minimum absolute atomic E-state index is 0.0328. The summed E-state index contributed by atoms with van der Waals surface area (Å²) in [6.07, 6.45) is 2.33. The first kappa shape index (κ1) is 19.1. The van der Waals surface area contributed by atoms with E-state index >= 15 is 0 Å². The lowest BCUT2D eigenvalue weighted by atomic mass is 10.1. The van der Waals surface area contributed by atoms with Crippen LogP contribution in [0.25, 0.3) is 5.70 Å². The number of benzene rings is 3. The Morgan fingerprint density at radius 3 is 2.37 bits per heavy atom. The maximum Gasteiger partial charge on any atom is 0.256 e. The van der Waals surface area contributed by atoms with Crippen molar-refractivity contribution in [1.82, 2.24) is 16.0 Å². The number of allylic oxidation sites excluding steroid dienone is 1. The highest BCUT2D eigenvalue weighted by atomic mass is 16.3. The highest BCUT2D eigenvalue weighted by Gasteiger charge is 2.18. The molecular weight excluding hydrogens is 378 g/mol. The molecule has 4 rings (SSSR count). The number of phenolic OH excluding ortho intramolecular Hbond substituents is 2. The Bertz CT molecular complexity index is 1120. The van der Waals surface area contributed by atoms with E-state index in [4.69, 9.17) is 0 Å². The van der Waals surface area contributed by atoms with Crippen LogP contribution in [0.5, 0.6) is 11.5 Å². The van der Waals surface area contributed by atoms with Gasteiger partial charge in [-0.2, -0.15) is 0 Å². The van der Waals surface area contributed by atoms with Crippen LogP contribution < -0.4 is 16.0 Å². The molecule has 0 unspecified atom stereocenters. The standard InChI is InChI=1S/C24H21N3O3/c28-19-11-9-17(10-12-19)22-15-25-23(21(26-22)13-16-5-2-1-3-6-16)27-24(30)18-7-4-8-20(29)14-18/h1-12,14-15,25-26,28-29H,13H2,(H,27,30). The molecule has 0 aliphatic carbocycles. The van der Waals surface area contributed by atoms with Crippen LogP contribution in [0.4, 0.5) is 0 Å². The molecule has 5 N–H and O–H groups in total. The molecule has 1 amide bonds. The summed E-state index contributed by atoms with van der Waals surface area (Å²) < 4.78 is 0. The molecule has 0 saturated heterocycles. The lowest BCUT2D eigenvalue weighted by Crippen LogP contribution is -2.37. The van der Waals surface area contributed by atoms with E-state index in [0.29, 0.717) is 17.8 Å². The molecule has 6 heteroatoms. The second-order valence-corrected chi connectivity index (χ2v) is 6.89. The van der Waals surface area contributed by atoms with Gasteiger partial charge in [0.15, 0.2) is 0 Å². The van der Waals surface area contributed by atoms with Crippen molar-refractivity contribution < 1.29 is 15.0 Å². The van der Waals surface area contributed by atoms with Gasteiger partial charge in [-0.15, -0.1) is 0 Å². The van der Waals surface area contributed by atoms with E-state index in [9.17, 15) is 15.0 Å². The van der Waals surface area contributed by atoms with Gasteiger partial charge >= 0.3 is 0 Å². The van der Waals surface area contributed by atoms with E-state index in [2.05, 4.69) is 16.0 Å². The highest BCUT2D eigenvalue weighted by molar-refractivity contribution is 5.95. The molecule has 30 heavy (non-hydrogen) atoms. The summed E-state index contributed by atoms with van der Waals surface area (Å²) in [5, 5.41) is 28.6.